The van der Waals surface area contributed by atoms with Crippen molar-refractivity contribution in [2.45, 2.75) is 39.3 Å². The van der Waals surface area contributed by atoms with Gasteiger partial charge in [-0.15, -0.1) is 6.58 Å². The van der Waals surface area contributed by atoms with E-state index in [0.717, 1.165) is 12.0 Å². The van der Waals surface area contributed by atoms with Gasteiger partial charge in [0, 0.05) is 29.8 Å². The minimum atomic E-state index is -0.395. The first-order valence-electron chi connectivity index (χ1n) is 6.59. The molecule has 1 N–H and O–H groups in total. The first-order valence-corrected chi connectivity index (χ1v) is 6.59. The van der Waals surface area contributed by atoms with E-state index in [1.807, 2.05) is 20.8 Å². The second kappa shape index (κ2) is 7.05. The van der Waals surface area contributed by atoms with Gasteiger partial charge < -0.3 is 10.1 Å². The molecule has 0 saturated carbocycles. The Labute approximate surface area is 119 Å². The van der Waals surface area contributed by atoms with Crippen LogP contribution in [0.5, 0.6) is 5.75 Å². The van der Waals surface area contributed by atoms with E-state index < -0.39 is 4.92 Å². The molecule has 0 fully saturated rings. The predicted octanol–water partition coefficient (Wildman–Crippen LogP) is 3.44. The van der Waals surface area contributed by atoms with Crippen molar-refractivity contribution in [2.24, 2.45) is 0 Å². The number of rotatable bonds is 7. The summed E-state index contributed by atoms with van der Waals surface area (Å²) < 4.78 is 5.64. The molecule has 1 aromatic rings. The van der Waals surface area contributed by atoms with Gasteiger partial charge >= 0.3 is 0 Å². The Bertz CT molecular complexity index is 478. The molecule has 20 heavy (non-hydrogen) atoms. The van der Waals surface area contributed by atoms with Crippen molar-refractivity contribution in [3.63, 3.8) is 0 Å². The average molecular weight is 278 g/mol. The van der Waals surface area contributed by atoms with E-state index >= 15 is 0 Å². The highest BCUT2D eigenvalue weighted by Gasteiger charge is 2.14. The zero-order valence-electron chi connectivity index (χ0n) is 12.3. The summed E-state index contributed by atoms with van der Waals surface area (Å²) in [4.78, 5) is 10.5. The fourth-order valence-electron chi connectivity index (χ4n) is 1.57. The van der Waals surface area contributed by atoms with E-state index in [0.29, 0.717) is 18.9 Å². The van der Waals surface area contributed by atoms with Crippen molar-refractivity contribution in [1.29, 1.82) is 0 Å². The normalized spacial score (nSPS) is 11.2. The van der Waals surface area contributed by atoms with E-state index in [9.17, 15) is 10.1 Å². The minimum absolute atomic E-state index is 0.0665. The summed E-state index contributed by atoms with van der Waals surface area (Å²) in [5, 5.41) is 14.2. The quantitative estimate of drug-likeness (QED) is 0.359. The third-order valence-corrected chi connectivity index (χ3v) is 2.64. The number of nitrogens with one attached hydrogen (secondary N) is 1. The molecular formula is C15H22N2O3. The standard InChI is InChI=1S/C15H22N2O3/c1-5-6-9-20-14-8-7-13(17(18)19)10-12(14)11-16-15(2,3)4/h5,7-8,10,16H,1,6,9,11H2,2-4H3. The van der Waals surface area contributed by atoms with Gasteiger partial charge in [-0.05, 0) is 33.3 Å². The molecule has 0 bridgehead atoms. The van der Waals surface area contributed by atoms with Crippen LogP contribution in [0.4, 0.5) is 5.69 Å². The average Bonchev–Trinajstić information content (AvgIpc) is 2.36. The van der Waals surface area contributed by atoms with Crippen molar-refractivity contribution in [1.82, 2.24) is 5.32 Å². The first kappa shape index (κ1) is 16.2. The molecule has 0 aliphatic heterocycles. The first-order chi connectivity index (χ1) is 9.33. The Kier molecular flexibility index (Phi) is 5.70. The molecular weight excluding hydrogens is 256 g/mol. The second-order valence-electron chi connectivity index (χ2n) is 5.58. The lowest BCUT2D eigenvalue weighted by molar-refractivity contribution is -0.384. The number of benzene rings is 1. The molecule has 0 aliphatic rings. The van der Waals surface area contributed by atoms with Gasteiger partial charge in [-0.25, -0.2) is 0 Å². The van der Waals surface area contributed by atoms with Gasteiger partial charge in [0.2, 0.25) is 0 Å². The van der Waals surface area contributed by atoms with Crippen LogP contribution in [0.3, 0.4) is 0 Å². The fraction of sp³-hybridized carbons (Fsp3) is 0.467. The monoisotopic (exact) mass is 278 g/mol. The molecule has 0 heterocycles. The Morgan fingerprint density at radius 3 is 2.70 bits per heavy atom. The molecule has 110 valence electrons. The molecule has 0 amide bonds. The van der Waals surface area contributed by atoms with Crippen LogP contribution in [0.2, 0.25) is 0 Å². The predicted molar refractivity (Wildman–Crippen MR) is 80.0 cm³/mol. The highest BCUT2D eigenvalue weighted by molar-refractivity contribution is 5.43. The maximum atomic E-state index is 10.9. The fourth-order valence-corrected chi connectivity index (χ4v) is 1.57. The molecule has 1 aromatic carbocycles. The van der Waals surface area contributed by atoms with E-state index in [1.165, 1.54) is 6.07 Å². The van der Waals surface area contributed by atoms with Crippen molar-refractivity contribution < 1.29 is 9.66 Å². The number of nitro benzene ring substituents is 1. The van der Waals surface area contributed by atoms with Gasteiger partial charge in [0.25, 0.3) is 5.69 Å². The third kappa shape index (κ3) is 5.40. The Balaban J connectivity index is 2.90. The molecule has 0 atom stereocenters. The topological polar surface area (TPSA) is 64.4 Å². The van der Waals surface area contributed by atoms with Crippen LogP contribution < -0.4 is 10.1 Å². The zero-order valence-corrected chi connectivity index (χ0v) is 12.3. The molecule has 5 heteroatoms. The summed E-state index contributed by atoms with van der Waals surface area (Å²) in [5.41, 5.74) is 0.799. The molecule has 1 rings (SSSR count). The summed E-state index contributed by atoms with van der Waals surface area (Å²) in [6.07, 6.45) is 2.52. The van der Waals surface area contributed by atoms with E-state index in [4.69, 9.17) is 4.74 Å². The maximum absolute atomic E-state index is 10.9. The van der Waals surface area contributed by atoms with Gasteiger partial charge in [0.15, 0.2) is 0 Å². The zero-order chi connectivity index (χ0) is 15.2. The van der Waals surface area contributed by atoms with Crippen molar-refractivity contribution in [2.75, 3.05) is 6.61 Å². The summed E-state index contributed by atoms with van der Waals surface area (Å²) in [6.45, 7) is 10.8. The van der Waals surface area contributed by atoms with Crippen molar-refractivity contribution >= 4 is 5.69 Å². The second-order valence-corrected chi connectivity index (χ2v) is 5.58. The van der Waals surface area contributed by atoms with E-state index in [2.05, 4.69) is 11.9 Å². The Morgan fingerprint density at radius 1 is 1.45 bits per heavy atom. The van der Waals surface area contributed by atoms with Crippen molar-refractivity contribution in [3.8, 4) is 5.75 Å². The lowest BCUT2D eigenvalue weighted by Gasteiger charge is -2.21. The highest BCUT2D eigenvalue weighted by Crippen LogP contribution is 2.25. The minimum Gasteiger partial charge on any atom is -0.493 e. The van der Waals surface area contributed by atoms with Crippen LogP contribution >= 0.6 is 0 Å². The molecule has 0 saturated heterocycles. The SMILES string of the molecule is C=CCCOc1ccc([N+](=O)[O-])cc1CNC(C)(C)C. The van der Waals surface area contributed by atoms with Gasteiger partial charge in [-0.1, -0.05) is 6.08 Å². The third-order valence-electron chi connectivity index (χ3n) is 2.64. The largest absolute Gasteiger partial charge is 0.493 e. The van der Waals surface area contributed by atoms with Gasteiger partial charge in [0.05, 0.1) is 11.5 Å². The van der Waals surface area contributed by atoms with Gasteiger partial charge in [0.1, 0.15) is 5.75 Å². The van der Waals surface area contributed by atoms with E-state index in [-0.39, 0.29) is 11.2 Å². The highest BCUT2D eigenvalue weighted by atomic mass is 16.6. The van der Waals surface area contributed by atoms with Crippen LogP contribution in [-0.4, -0.2) is 17.1 Å². The van der Waals surface area contributed by atoms with E-state index in [1.54, 1.807) is 18.2 Å². The van der Waals surface area contributed by atoms with Gasteiger partial charge in [-0.2, -0.15) is 0 Å². The van der Waals surface area contributed by atoms with Crippen LogP contribution in [0.25, 0.3) is 0 Å². The summed E-state index contributed by atoms with van der Waals surface area (Å²) in [5.74, 6) is 0.675. The molecule has 0 aliphatic carbocycles. The number of non-ortho nitro benzene ring substituents is 1. The molecule has 0 unspecified atom stereocenters. The smallest absolute Gasteiger partial charge is 0.270 e. The summed E-state index contributed by atoms with van der Waals surface area (Å²) >= 11 is 0. The van der Waals surface area contributed by atoms with Crippen molar-refractivity contribution in [3.05, 3.63) is 46.5 Å². The lowest BCUT2D eigenvalue weighted by atomic mass is 10.1. The molecule has 5 nitrogen and oxygen atoms in total. The molecule has 0 aromatic heterocycles. The van der Waals surface area contributed by atoms with Gasteiger partial charge in [-0.3, -0.25) is 10.1 Å². The maximum Gasteiger partial charge on any atom is 0.270 e. The number of nitro groups is 1. The number of hydrogen-bond donors (Lipinski definition) is 1. The Hall–Kier alpha value is -1.88. The van der Waals surface area contributed by atoms with Crippen LogP contribution in [0, 0.1) is 10.1 Å². The summed E-state index contributed by atoms with van der Waals surface area (Å²) in [6, 6.07) is 4.67. The summed E-state index contributed by atoms with van der Waals surface area (Å²) in [7, 11) is 0. The Morgan fingerprint density at radius 2 is 2.15 bits per heavy atom. The number of nitrogens with zero attached hydrogens (tertiary/aromatic N) is 1. The number of hydrogen-bond acceptors (Lipinski definition) is 4. The molecule has 0 spiro atoms. The van der Waals surface area contributed by atoms with Crippen LogP contribution in [0.15, 0.2) is 30.9 Å². The molecule has 0 radical (unpaired) electrons. The number of ether oxygens (including phenoxy) is 1. The van der Waals surface area contributed by atoms with Crippen LogP contribution in [0.1, 0.15) is 32.8 Å². The lowest BCUT2D eigenvalue weighted by Crippen LogP contribution is -2.35. The van der Waals surface area contributed by atoms with Crippen LogP contribution in [-0.2, 0) is 6.54 Å².